The molecule has 2 aromatic carbocycles. The Hall–Kier alpha value is -2.80. The standard InChI is InChI=1S/C21H22BrN3O3/c1-13-20(14-5-8-16(22)9-6-14)21(25(2)24-13)23-19(26)11-15-7-10-17(27-3)12-18(15)28-4/h5-10,12H,11H2,1-4H3,(H,23,26). The molecule has 28 heavy (non-hydrogen) atoms. The molecule has 0 bridgehead atoms. The number of aryl methyl sites for hydroxylation is 2. The van der Waals surface area contributed by atoms with E-state index in [4.69, 9.17) is 9.47 Å². The summed E-state index contributed by atoms with van der Waals surface area (Å²) < 4.78 is 13.3. The van der Waals surface area contributed by atoms with Crippen molar-refractivity contribution >= 4 is 27.7 Å². The zero-order valence-electron chi connectivity index (χ0n) is 16.2. The van der Waals surface area contributed by atoms with Crippen LogP contribution in [0.1, 0.15) is 11.3 Å². The average Bonchev–Trinajstić information content (AvgIpc) is 2.96. The molecule has 1 N–H and O–H groups in total. The van der Waals surface area contributed by atoms with Crippen molar-refractivity contribution in [2.24, 2.45) is 7.05 Å². The summed E-state index contributed by atoms with van der Waals surface area (Å²) >= 11 is 3.45. The molecule has 3 rings (SSSR count). The van der Waals surface area contributed by atoms with E-state index in [2.05, 4.69) is 26.3 Å². The third kappa shape index (κ3) is 4.20. The molecule has 7 heteroatoms. The number of anilines is 1. The van der Waals surface area contributed by atoms with E-state index in [0.717, 1.165) is 26.9 Å². The van der Waals surface area contributed by atoms with E-state index in [1.807, 2.05) is 50.4 Å². The average molecular weight is 444 g/mol. The van der Waals surface area contributed by atoms with Crippen molar-refractivity contribution in [3.63, 3.8) is 0 Å². The number of nitrogens with one attached hydrogen (secondary N) is 1. The number of rotatable bonds is 6. The normalized spacial score (nSPS) is 10.6. The molecule has 1 heterocycles. The molecule has 1 amide bonds. The molecule has 1 aromatic heterocycles. The summed E-state index contributed by atoms with van der Waals surface area (Å²) in [5.41, 5.74) is 3.53. The molecular formula is C21H22BrN3O3. The van der Waals surface area contributed by atoms with Crippen LogP contribution in [0.15, 0.2) is 46.9 Å². The van der Waals surface area contributed by atoms with Crippen LogP contribution in [-0.4, -0.2) is 29.9 Å². The lowest BCUT2D eigenvalue weighted by Gasteiger charge is -2.12. The first kappa shape index (κ1) is 19.9. The summed E-state index contributed by atoms with van der Waals surface area (Å²) in [6.07, 6.45) is 0.178. The minimum absolute atomic E-state index is 0.148. The maximum absolute atomic E-state index is 12.8. The molecule has 0 unspecified atom stereocenters. The number of aromatic nitrogens is 2. The van der Waals surface area contributed by atoms with Crippen molar-refractivity contribution in [3.8, 4) is 22.6 Å². The Morgan fingerprint density at radius 2 is 1.86 bits per heavy atom. The highest BCUT2D eigenvalue weighted by Crippen LogP contribution is 2.32. The SMILES string of the molecule is COc1ccc(CC(=O)Nc2c(-c3ccc(Br)cc3)c(C)nn2C)c(OC)c1. The fourth-order valence-electron chi connectivity index (χ4n) is 3.11. The molecule has 0 aliphatic rings. The van der Waals surface area contributed by atoms with Gasteiger partial charge in [-0.1, -0.05) is 34.1 Å². The van der Waals surface area contributed by atoms with Gasteiger partial charge in [0.15, 0.2) is 0 Å². The van der Waals surface area contributed by atoms with Gasteiger partial charge in [0.2, 0.25) is 5.91 Å². The minimum Gasteiger partial charge on any atom is -0.497 e. The molecular weight excluding hydrogens is 422 g/mol. The van der Waals surface area contributed by atoms with Gasteiger partial charge in [-0.05, 0) is 30.7 Å². The number of hydrogen-bond acceptors (Lipinski definition) is 4. The fraction of sp³-hybridized carbons (Fsp3) is 0.238. The highest BCUT2D eigenvalue weighted by Gasteiger charge is 2.18. The highest BCUT2D eigenvalue weighted by atomic mass is 79.9. The molecule has 0 saturated heterocycles. The number of benzene rings is 2. The lowest BCUT2D eigenvalue weighted by atomic mass is 10.1. The summed E-state index contributed by atoms with van der Waals surface area (Å²) in [7, 11) is 4.99. The maximum atomic E-state index is 12.8. The van der Waals surface area contributed by atoms with Gasteiger partial charge in [0.05, 0.1) is 26.3 Å². The van der Waals surface area contributed by atoms with E-state index in [1.165, 1.54) is 0 Å². The van der Waals surface area contributed by atoms with Gasteiger partial charge in [-0.3, -0.25) is 9.48 Å². The number of nitrogens with zero attached hydrogens (tertiary/aromatic N) is 2. The first-order chi connectivity index (χ1) is 13.4. The molecule has 0 aliphatic carbocycles. The van der Waals surface area contributed by atoms with E-state index in [-0.39, 0.29) is 12.3 Å². The lowest BCUT2D eigenvalue weighted by Crippen LogP contribution is -2.17. The van der Waals surface area contributed by atoms with Crippen molar-refractivity contribution in [3.05, 3.63) is 58.2 Å². The molecule has 146 valence electrons. The van der Waals surface area contributed by atoms with Gasteiger partial charge in [0.1, 0.15) is 17.3 Å². The Bertz CT molecular complexity index is 997. The molecule has 0 spiro atoms. The smallest absolute Gasteiger partial charge is 0.230 e. The highest BCUT2D eigenvalue weighted by molar-refractivity contribution is 9.10. The number of carbonyl (C=O) groups excluding carboxylic acids is 1. The predicted octanol–water partition coefficient (Wildman–Crippen LogP) is 4.36. The Kier molecular flexibility index (Phi) is 6.04. The van der Waals surface area contributed by atoms with Gasteiger partial charge in [0, 0.05) is 28.7 Å². The molecule has 0 saturated carbocycles. The summed E-state index contributed by atoms with van der Waals surface area (Å²) in [6.45, 7) is 1.93. The number of halogens is 1. The summed E-state index contributed by atoms with van der Waals surface area (Å²) in [4.78, 5) is 12.8. The van der Waals surface area contributed by atoms with Gasteiger partial charge in [-0.25, -0.2) is 0 Å². The zero-order valence-corrected chi connectivity index (χ0v) is 17.8. The van der Waals surface area contributed by atoms with Crippen molar-refractivity contribution in [2.75, 3.05) is 19.5 Å². The van der Waals surface area contributed by atoms with Crippen molar-refractivity contribution in [2.45, 2.75) is 13.3 Å². The van der Waals surface area contributed by atoms with E-state index in [9.17, 15) is 4.79 Å². The van der Waals surface area contributed by atoms with Crippen molar-refractivity contribution in [1.29, 1.82) is 0 Å². The van der Waals surface area contributed by atoms with Crippen LogP contribution in [0.25, 0.3) is 11.1 Å². The topological polar surface area (TPSA) is 65.4 Å². The van der Waals surface area contributed by atoms with Crippen LogP contribution in [0.2, 0.25) is 0 Å². The molecule has 6 nitrogen and oxygen atoms in total. The van der Waals surface area contributed by atoms with E-state index >= 15 is 0 Å². The number of amides is 1. The van der Waals surface area contributed by atoms with Gasteiger partial charge >= 0.3 is 0 Å². The Morgan fingerprint density at radius 3 is 2.50 bits per heavy atom. The fourth-order valence-corrected chi connectivity index (χ4v) is 3.38. The van der Waals surface area contributed by atoms with Crippen LogP contribution in [0, 0.1) is 6.92 Å². The molecule has 0 fully saturated rings. The minimum atomic E-state index is -0.148. The van der Waals surface area contributed by atoms with Crippen LogP contribution in [0.5, 0.6) is 11.5 Å². The third-order valence-corrected chi connectivity index (χ3v) is 4.99. The van der Waals surface area contributed by atoms with Gasteiger partial charge in [-0.15, -0.1) is 0 Å². The van der Waals surface area contributed by atoms with Gasteiger partial charge < -0.3 is 14.8 Å². The monoisotopic (exact) mass is 443 g/mol. The molecule has 0 atom stereocenters. The van der Waals surface area contributed by atoms with Gasteiger partial charge in [-0.2, -0.15) is 5.10 Å². The quantitative estimate of drug-likeness (QED) is 0.614. The van der Waals surface area contributed by atoms with E-state index < -0.39 is 0 Å². The van der Waals surface area contributed by atoms with Crippen LogP contribution in [0.4, 0.5) is 5.82 Å². The molecule has 0 radical (unpaired) electrons. The van der Waals surface area contributed by atoms with Gasteiger partial charge in [0.25, 0.3) is 0 Å². The van der Waals surface area contributed by atoms with Crippen LogP contribution in [-0.2, 0) is 18.3 Å². The Balaban J connectivity index is 1.86. The lowest BCUT2D eigenvalue weighted by molar-refractivity contribution is -0.115. The number of methoxy groups -OCH3 is 2. The second-order valence-corrected chi connectivity index (χ2v) is 7.26. The van der Waals surface area contributed by atoms with Crippen LogP contribution in [0.3, 0.4) is 0 Å². The second kappa shape index (κ2) is 8.48. The first-order valence-corrected chi connectivity index (χ1v) is 9.52. The summed E-state index contributed by atoms with van der Waals surface area (Å²) in [5, 5.41) is 7.48. The van der Waals surface area contributed by atoms with Crippen LogP contribution >= 0.6 is 15.9 Å². The first-order valence-electron chi connectivity index (χ1n) is 8.73. The number of carbonyl (C=O) groups is 1. The molecule has 0 aliphatic heterocycles. The number of ether oxygens (including phenoxy) is 2. The van der Waals surface area contributed by atoms with Crippen molar-refractivity contribution < 1.29 is 14.3 Å². The summed E-state index contributed by atoms with van der Waals surface area (Å²) in [6, 6.07) is 13.3. The Labute approximate surface area is 172 Å². The maximum Gasteiger partial charge on any atom is 0.230 e. The van der Waals surface area contributed by atoms with E-state index in [1.54, 1.807) is 25.0 Å². The largest absolute Gasteiger partial charge is 0.497 e. The van der Waals surface area contributed by atoms with Crippen molar-refractivity contribution in [1.82, 2.24) is 9.78 Å². The predicted molar refractivity (Wildman–Crippen MR) is 113 cm³/mol. The number of hydrogen-bond donors (Lipinski definition) is 1. The molecule has 3 aromatic rings. The second-order valence-electron chi connectivity index (χ2n) is 6.34. The third-order valence-electron chi connectivity index (χ3n) is 4.46. The van der Waals surface area contributed by atoms with Crippen LogP contribution < -0.4 is 14.8 Å². The zero-order chi connectivity index (χ0) is 20.3. The summed E-state index contributed by atoms with van der Waals surface area (Å²) in [5.74, 6) is 1.81. The van der Waals surface area contributed by atoms with E-state index in [0.29, 0.717) is 17.3 Å². The Morgan fingerprint density at radius 1 is 1.14 bits per heavy atom.